The lowest BCUT2D eigenvalue weighted by atomic mass is 10.0. The van der Waals surface area contributed by atoms with Crippen LogP contribution in [0.3, 0.4) is 0 Å². The lowest BCUT2D eigenvalue weighted by Crippen LogP contribution is -2.51. The van der Waals surface area contributed by atoms with E-state index >= 15 is 0 Å². The van der Waals surface area contributed by atoms with E-state index in [9.17, 15) is 53.7 Å². The second-order valence-corrected chi connectivity index (χ2v) is 16.2. The number of aliphatic carboxylic acids is 5. The summed E-state index contributed by atoms with van der Waals surface area (Å²) in [5.74, 6) is -7.85. The van der Waals surface area contributed by atoms with Crippen molar-refractivity contribution in [2.75, 3.05) is 77.3 Å². The Morgan fingerprint density at radius 1 is 0.682 bits per heavy atom. The van der Waals surface area contributed by atoms with Gasteiger partial charge < -0.3 is 73.0 Å². The van der Waals surface area contributed by atoms with Gasteiger partial charge in [0.25, 0.3) is 0 Å². The summed E-state index contributed by atoms with van der Waals surface area (Å²) in [5.41, 5.74) is 1.89. The van der Waals surface area contributed by atoms with Crippen molar-refractivity contribution < 1.29 is 63.9 Å². The van der Waals surface area contributed by atoms with E-state index in [1.54, 1.807) is 0 Å². The fourth-order valence-electron chi connectivity index (χ4n) is 6.97. The van der Waals surface area contributed by atoms with Gasteiger partial charge in [-0.3, -0.25) is 28.9 Å². The molecule has 0 bridgehead atoms. The van der Waals surface area contributed by atoms with Gasteiger partial charge in [-0.05, 0) is 75.0 Å². The Labute approximate surface area is 389 Å². The molecule has 1 fully saturated rings. The summed E-state index contributed by atoms with van der Waals surface area (Å²) in [6.45, 7) is 9.28. The van der Waals surface area contributed by atoms with E-state index in [1.165, 1.54) is 0 Å². The first-order valence-corrected chi connectivity index (χ1v) is 22.6. The fraction of sp³-hybridized carbons (Fsp3) is 0.643. The molecular formula is C42H68N10O13S. The van der Waals surface area contributed by atoms with Crippen LogP contribution in [0.1, 0.15) is 76.7 Å². The van der Waals surface area contributed by atoms with Crippen LogP contribution in [0.5, 0.6) is 0 Å². The van der Waals surface area contributed by atoms with E-state index in [1.807, 2.05) is 34.9 Å². The minimum Gasteiger partial charge on any atom is -0.481 e. The summed E-state index contributed by atoms with van der Waals surface area (Å²) in [7, 11) is 0. The third-order valence-electron chi connectivity index (χ3n) is 10.6. The molecule has 4 atom stereocenters. The first kappa shape index (κ1) is 56.4. The zero-order chi connectivity index (χ0) is 48.9. The second-order valence-electron chi connectivity index (χ2n) is 15.8. The predicted octanol–water partition coefficient (Wildman–Crippen LogP) is -0.338. The summed E-state index contributed by atoms with van der Waals surface area (Å²) in [5, 5.41) is 69.2. The van der Waals surface area contributed by atoms with Crippen LogP contribution in [0.2, 0.25) is 0 Å². The van der Waals surface area contributed by atoms with Gasteiger partial charge in [-0.25, -0.2) is 14.4 Å². The van der Waals surface area contributed by atoms with Gasteiger partial charge in [0.2, 0.25) is 11.8 Å². The molecule has 1 heterocycles. The highest BCUT2D eigenvalue weighted by molar-refractivity contribution is 7.80. The number of urea groups is 1. The minimum absolute atomic E-state index is 0.00655. The second kappa shape index (κ2) is 32.1. The number of hydrogen-bond donors (Lipinski definition) is 13. The molecule has 1 aliphatic heterocycles. The maximum atomic E-state index is 12.9. The first-order valence-electron chi connectivity index (χ1n) is 22.2. The maximum absolute atomic E-state index is 12.9. The molecule has 0 radical (unpaired) electrons. The van der Waals surface area contributed by atoms with E-state index in [4.69, 9.17) is 22.4 Å². The SMILES string of the molecule is CCN1CCNCCNCCN(CC(=O)O)C(Cc2ccc(NC(=S)NCCCCCCNC(=O)C(CCC(=O)O)NC(=O)CCC(NC(=O)NC(CCC(=O)O)C(=O)O)C(=O)O)cc2)C1. The van der Waals surface area contributed by atoms with Crippen molar-refractivity contribution in [3.05, 3.63) is 29.8 Å². The number of benzene rings is 1. The van der Waals surface area contributed by atoms with Crippen LogP contribution in [0, 0.1) is 0 Å². The van der Waals surface area contributed by atoms with Gasteiger partial charge in [-0.1, -0.05) is 31.9 Å². The summed E-state index contributed by atoms with van der Waals surface area (Å²) >= 11 is 5.49. The Hall–Kier alpha value is -5.69. The highest BCUT2D eigenvalue weighted by Crippen LogP contribution is 2.16. The van der Waals surface area contributed by atoms with Crippen LogP contribution >= 0.6 is 12.2 Å². The zero-order valence-electron chi connectivity index (χ0n) is 37.5. The number of thiocarbonyl (C=S) groups is 1. The van der Waals surface area contributed by atoms with E-state index in [0.29, 0.717) is 37.6 Å². The van der Waals surface area contributed by atoms with E-state index in [-0.39, 0.29) is 25.6 Å². The van der Waals surface area contributed by atoms with Crippen LogP contribution in [0.4, 0.5) is 10.5 Å². The predicted molar refractivity (Wildman–Crippen MR) is 246 cm³/mol. The van der Waals surface area contributed by atoms with Gasteiger partial charge in [-0.2, -0.15) is 0 Å². The molecule has 1 aromatic rings. The molecule has 23 nitrogen and oxygen atoms in total. The molecule has 2 rings (SSSR count). The number of carbonyl (C=O) groups is 8. The monoisotopic (exact) mass is 952 g/mol. The third-order valence-corrected chi connectivity index (χ3v) is 10.9. The molecule has 0 aliphatic carbocycles. The topological polar surface area (TPSA) is 340 Å². The molecule has 1 aromatic carbocycles. The fourth-order valence-corrected chi connectivity index (χ4v) is 7.19. The third kappa shape index (κ3) is 25.1. The normalized spacial score (nSPS) is 16.4. The summed E-state index contributed by atoms with van der Waals surface area (Å²) in [4.78, 5) is 99.2. The summed E-state index contributed by atoms with van der Waals surface area (Å²) < 4.78 is 0. The number of carboxylic acid groups (broad SMARTS) is 5. The Bertz CT molecular complexity index is 1740. The van der Waals surface area contributed by atoms with Crippen molar-refractivity contribution in [2.45, 2.75) is 102 Å². The Balaban J connectivity index is 1.77. The first-order chi connectivity index (χ1) is 31.5. The average Bonchev–Trinajstić information content (AvgIpc) is 3.25. The minimum atomic E-state index is -1.66. The van der Waals surface area contributed by atoms with Gasteiger partial charge in [0.15, 0.2) is 5.11 Å². The number of anilines is 1. The Morgan fingerprint density at radius 3 is 1.77 bits per heavy atom. The molecule has 4 unspecified atom stereocenters. The summed E-state index contributed by atoms with van der Waals surface area (Å²) in [6, 6.07) is 2.23. The molecule has 370 valence electrons. The highest BCUT2D eigenvalue weighted by atomic mass is 32.1. The number of nitrogens with one attached hydrogen (secondary N) is 8. The Morgan fingerprint density at radius 2 is 1.23 bits per heavy atom. The number of carbonyl (C=O) groups excluding carboxylic acids is 3. The molecule has 66 heavy (non-hydrogen) atoms. The molecule has 1 aliphatic rings. The van der Waals surface area contributed by atoms with Crippen LogP contribution in [-0.2, 0) is 40.0 Å². The standard InChI is InChI=1S/C42H68N10O13S/c1-2-51-23-21-43-19-20-44-22-24-52(27-37(58)59)30(26-51)25-28-7-9-29(10-8-28)47-42(66)46-18-6-4-3-5-17-45-38(60)31(12-15-35(54)55)48-34(53)14-11-32(39(61)62)49-41(65)50-33(40(63)64)13-16-36(56)57/h7-10,30-33,43-44H,2-6,11-27H2,1H3,(H,45,60)(H,48,53)(H,54,55)(H,56,57)(H,58,59)(H,61,62)(H,63,64)(H2,46,47,66)(H2,49,50,65). The zero-order valence-corrected chi connectivity index (χ0v) is 38.3. The number of nitrogens with zero attached hydrogens (tertiary/aromatic N) is 2. The highest BCUT2D eigenvalue weighted by Gasteiger charge is 2.28. The van der Waals surface area contributed by atoms with Gasteiger partial charge >= 0.3 is 35.9 Å². The molecule has 0 spiro atoms. The van der Waals surface area contributed by atoms with E-state index in [2.05, 4.69) is 48.6 Å². The summed E-state index contributed by atoms with van der Waals surface area (Å²) in [6.07, 6.45) is 0.925. The Kier molecular flexibility index (Phi) is 27.4. The number of hydrogen-bond acceptors (Lipinski definition) is 13. The largest absolute Gasteiger partial charge is 0.481 e. The number of carboxylic acids is 5. The molecule has 13 N–H and O–H groups in total. The molecule has 4 amide bonds. The average molecular weight is 953 g/mol. The van der Waals surface area contributed by atoms with Crippen LogP contribution in [0.25, 0.3) is 0 Å². The van der Waals surface area contributed by atoms with Crippen LogP contribution < -0.4 is 42.5 Å². The van der Waals surface area contributed by atoms with Crippen LogP contribution in [-0.4, -0.2) is 184 Å². The lowest BCUT2D eigenvalue weighted by Gasteiger charge is -2.35. The molecule has 0 aromatic heterocycles. The van der Waals surface area contributed by atoms with Gasteiger partial charge in [0.1, 0.15) is 18.1 Å². The number of unbranched alkanes of at least 4 members (excludes halogenated alkanes) is 3. The molecule has 24 heteroatoms. The molecule has 1 saturated heterocycles. The van der Waals surface area contributed by atoms with Crippen molar-refractivity contribution in [3.8, 4) is 0 Å². The van der Waals surface area contributed by atoms with Crippen molar-refractivity contribution in [2.24, 2.45) is 0 Å². The van der Waals surface area contributed by atoms with Gasteiger partial charge in [-0.15, -0.1) is 0 Å². The quantitative estimate of drug-likeness (QED) is 0.0377. The molecular weight excluding hydrogens is 885 g/mol. The van der Waals surface area contributed by atoms with E-state index in [0.717, 1.165) is 69.8 Å². The maximum Gasteiger partial charge on any atom is 0.326 e. The van der Waals surface area contributed by atoms with Gasteiger partial charge in [0.05, 0.1) is 6.54 Å². The van der Waals surface area contributed by atoms with E-state index < -0.39 is 97.9 Å². The van der Waals surface area contributed by atoms with Crippen molar-refractivity contribution >= 4 is 70.7 Å². The molecule has 0 saturated carbocycles. The van der Waals surface area contributed by atoms with Gasteiger partial charge in [0, 0.05) is 89.9 Å². The number of amides is 4. The number of rotatable bonds is 28. The van der Waals surface area contributed by atoms with Crippen LogP contribution in [0.15, 0.2) is 24.3 Å². The smallest absolute Gasteiger partial charge is 0.326 e. The van der Waals surface area contributed by atoms with Crippen molar-refractivity contribution in [1.82, 2.24) is 47.0 Å². The number of likely N-dealkylation sites (N-methyl/N-ethyl adjacent to an activating group) is 1. The van der Waals surface area contributed by atoms with Crippen molar-refractivity contribution in [1.29, 1.82) is 0 Å². The van der Waals surface area contributed by atoms with Crippen molar-refractivity contribution in [3.63, 3.8) is 0 Å². The lowest BCUT2D eigenvalue weighted by molar-refractivity contribution is -0.141.